The number of likely N-dealkylation sites (tertiary alicyclic amines) is 1. The molecule has 34 heavy (non-hydrogen) atoms. The van der Waals surface area contributed by atoms with E-state index in [0.29, 0.717) is 25.9 Å². The fraction of sp³-hybridized carbons (Fsp3) is 0.333. The van der Waals surface area contributed by atoms with Crippen LogP contribution in [0.4, 0.5) is 0 Å². The van der Waals surface area contributed by atoms with Gasteiger partial charge in [-0.3, -0.25) is 14.6 Å². The zero-order valence-electron chi connectivity index (χ0n) is 19.5. The van der Waals surface area contributed by atoms with Gasteiger partial charge in [0.15, 0.2) is 0 Å². The van der Waals surface area contributed by atoms with E-state index in [0.717, 1.165) is 39.5 Å². The number of amides is 2. The van der Waals surface area contributed by atoms with Crippen molar-refractivity contribution >= 4 is 11.8 Å². The molecule has 1 N–H and O–H groups in total. The zero-order chi connectivity index (χ0) is 23.7. The van der Waals surface area contributed by atoms with Crippen LogP contribution in [-0.2, 0) is 16.0 Å². The van der Waals surface area contributed by atoms with Crippen LogP contribution in [0.15, 0.2) is 54.7 Å². The van der Waals surface area contributed by atoms with E-state index in [2.05, 4.69) is 21.4 Å². The smallest absolute Gasteiger partial charge is 0.239 e. The maximum absolute atomic E-state index is 12.6. The number of carbonyl (C=O) groups excluding carboxylic acids is 2. The zero-order valence-corrected chi connectivity index (χ0v) is 19.5. The Morgan fingerprint density at radius 2 is 1.97 bits per heavy atom. The van der Waals surface area contributed by atoms with E-state index in [4.69, 9.17) is 4.74 Å². The maximum Gasteiger partial charge on any atom is 0.239 e. The molecule has 2 aliphatic heterocycles. The second-order valence-electron chi connectivity index (χ2n) is 9.10. The van der Waals surface area contributed by atoms with Crippen LogP contribution >= 0.6 is 0 Å². The lowest BCUT2D eigenvalue weighted by molar-refractivity contribution is -0.133. The Hall–Kier alpha value is -3.74. The Bertz CT molecular complexity index is 1230. The highest BCUT2D eigenvalue weighted by Crippen LogP contribution is 2.33. The summed E-state index contributed by atoms with van der Waals surface area (Å²) in [5.41, 5.74) is 5.90. The van der Waals surface area contributed by atoms with Crippen molar-refractivity contribution in [1.29, 1.82) is 0 Å². The molecule has 2 aliphatic rings. The largest absolute Gasteiger partial charge is 0.488 e. The van der Waals surface area contributed by atoms with Crippen molar-refractivity contribution in [2.24, 2.45) is 0 Å². The third-order valence-corrected chi connectivity index (χ3v) is 6.50. The third-order valence-electron chi connectivity index (χ3n) is 6.50. The number of aryl methyl sites for hydroxylation is 2. The fourth-order valence-corrected chi connectivity index (χ4v) is 4.72. The van der Waals surface area contributed by atoms with Gasteiger partial charge in [0.1, 0.15) is 11.9 Å². The SMILES string of the molecule is Cc1cnc(C)c(-c2ccc3c(c2)C[C@H](CNC(=O)CN2C[C@@H](c4ccccc4)CC2=O)O3)n1. The van der Waals surface area contributed by atoms with Gasteiger partial charge in [-0.05, 0) is 43.2 Å². The molecule has 0 saturated carbocycles. The van der Waals surface area contributed by atoms with Gasteiger partial charge < -0.3 is 15.0 Å². The summed E-state index contributed by atoms with van der Waals surface area (Å²) in [4.78, 5) is 35.7. The van der Waals surface area contributed by atoms with Crippen LogP contribution in [0.1, 0.15) is 34.9 Å². The molecule has 2 aromatic carbocycles. The number of ether oxygens (including phenoxy) is 1. The molecule has 2 atom stereocenters. The van der Waals surface area contributed by atoms with Gasteiger partial charge in [0.2, 0.25) is 11.8 Å². The highest BCUT2D eigenvalue weighted by Gasteiger charge is 2.32. The van der Waals surface area contributed by atoms with Crippen molar-refractivity contribution < 1.29 is 14.3 Å². The summed E-state index contributed by atoms with van der Waals surface area (Å²) in [6.45, 7) is 4.94. The predicted molar refractivity (Wildman–Crippen MR) is 128 cm³/mol. The van der Waals surface area contributed by atoms with Gasteiger partial charge in [-0.25, -0.2) is 4.98 Å². The molecule has 1 aromatic heterocycles. The fourth-order valence-electron chi connectivity index (χ4n) is 4.72. The molecule has 0 radical (unpaired) electrons. The van der Waals surface area contributed by atoms with Gasteiger partial charge in [0, 0.05) is 37.1 Å². The number of nitrogens with one attached hydrogen (secondary N) is 1. The van der Waals surface area contributed by atoms with Crippen LogP contribution in [0, 0.1) is 13.8 Å². The Kier molecular flexibility index (Phi) is 6.01. The predicted octanol–water partition coefficient (Wildman–Crippen LogP) is 3.20. The number of hydrogen-bond donors (Lipinski definition) is 1. The molecule has 1 saturated heterocycles. The summed E-state index contributed by atoms with van der Waals surface area (Å²) in [5, 5.41) is 2.94. The normalized spacial score (nSPS) is 19.1. The van der Waals surface area contributed by atoms with E-state index in [1.807, 2.05) is 56.3 Å². The highest BCUT2D eigenvalue weighted by atomic mass is 16.5. The van der Waals surface area contributed by atoms with Crippen LogP contribution in [0.3, 0.4) is 0 Å². The van der Waals surface area contributed by atoms with Crippen LogP contribution in [0.5, 0.6) is 5.75 Å². The molecule has 0 unspecified atom stereocenters. The van der Waals surface area contributed by atoms with Gasteiger partial charge >= 0.3 is 0 Å². The van der Waals surface area contributed by atoms with Crippen LogP contribution < -0.4 is 10.1 Å². The summed E-state index contributed by atoms with van der Waals surface area (Å²) >= 11 is 0. The Morgan fingerprint density at radius 1 is 1.15 bits per heavy atom. The van der Waals surface area contributed by atoms with Gasteiger partial charge in [-0.2, -0.15) is 0 Å². The lowest BCUT2D eigenvalue weighted by atomic mass is 9.99. The maximum atomic E-state index is 12.6. The van der Waals surface area contributed by atoms with E-state index in [-0.39, 0.29) is 30.4 Å². The van der Waals surface area contributed by atoms with Gasteiger partial charge in [0.25, 0.3) is 0 Å². The Balaban J connectivity index is 1.15. The molecule has 2 amide bonds. The molecular formula is C27H28N4O3. The second kappa shape index (κ2) is 9.25. The molecule has 7 heteroatoms. The number of carbonyl (C=O) groups is 2. The number of hydrogen-bond acceptors (Lipinski definition) is 5. The van der Waals surface area contributed by atoms with E-state index in [9.17, 15) is 9.59 Å². The molecule has 7 nitrogen and oxygen atoms in total. The minimum atomic E-state index is -0.159. The van der Waals surface area contributed by atoms with E-state index in [1.54, 1.807) is 11.1 Å². The van der Waals surface area contributed by atoms with Crippen molar-refractivity contribution in [3.05, 3.63) is 77.2 Å². The molecule has 5 rings (SSSR count). The minimum absolute atomic E-state index is 0.0237. The van der Waals surface area contributed by atoms with E-state index in [1.165, 1.54) is 0 Å². The first-order valence-electron chi connectivity index (χ1n) is 11.7. The summed E-state index contributed by atoms with van der Waals surface area (Å²) in [5.74, 6) is 0.843. The average Bonchev–Trinajstić information content (AvgIpc) is 3.42. The van der Waals surface area contributed by atoms with Crippen LogP contribution in [0.25, 0.3) is 11.3 Å². The summed E-state index contributed by atoms with van der Waals surface area (Å²) in [6.07, 6.45) is 2.79. The van der Waals surface area contributed by atoms with Gasteiger partial charge in [-0.1, -0.05) is 30.3 Å². The molecule has 174 valence electrons. The standard InChI is InChI=1S/C27H28N4O3/c1-17-13-28-18(2)27(30-17)20-8-9-24-21(10-20)11-23(34-24)14-29-25(32)16-31-15-22(12-26(31)33)19-6-4-3-5-7-19/h3-10,13,22-23H,11-12,14-16H2,1-2H3,(H,29,32)/t22-,23+/m0/s1. The van der Waals surface area contributed by atoms with Crippen molar-refractivity contribution in [2.45, 2.75) is 38.7 Å². The van der Waals surface area contributed by atoms with Gasteiger partial charge in [0.05, 0.1) is 30.2 Å². The van der Waals surface area contributed by atoms with E-state index >= 15 is 0 Å². The molecule has 0 aliphatic carbocycles. The third kappa shape index (κ3) is 4.64. The van der Waals surface area contributed by atoms with Crippen LogP contribution in [-0.4, -0.2) is 52.4 Å². The summed E-state index contributed by atoms with van der Waals surface area (Å²) < 4.78 is 6.04. The first kappa shape index (κ1) is 22.1. The number of aromatic nitrogens is 2. The summed E-state index contributed by atoms with van der Waals surface area (Å²) in [6, 6.07) is 16.1. The Morgan fingerprint density at radius 3 is 2.79 bits per heavy atom. The number of rotatable bonds is 6. The van der Waals surface area contributed by atoms with Gasteiger partial charge in [-0.15, -0.1) is 0 Å². The Labute approximate surface area is 199 Å². The quantitative estimate of drug-likeness (QED) is 0.616. The number of fused-ring (bicyclic) bond motifs is 1. The molecule has 0 bridgehead atoms. The molecule has 0 spiro atoms. The second-order valence-corrected chi connectivity index (χ2v) is 9.10. The highest BCUT2D eigenvalue weighted by molar-refractivity contribution is 5.86. The van der Waals surface area contributed by atoms with E-state index < -0.39 is 0 Å². The number of nitrogens with zero attached hydrogens (tertiary/aromatic N) is 3. The molecule has 3 heterocycles. The number of benzene rings is 2. The molecule has 1 fully saturated rings. The van der Waals surface area contributed by atoms with Crippen molar-refractivity contribution in [3.8, 4) is 17.0 Å². The van der Waals surface area contributed by atoms with Crippen molar-refractivity contribution in [2.75, 3.05) is 19.6 Å². The van der Waals surface area contributed by atoms with Crippen molar-refractivity contribution in [3.63, 3.8) is 0 Å². The molecular weight excluding hydrogens is 428 g/mol. The monoisotopic (exact) mass is 456 g/mol. The lowest BCUT2D eigenvalue weighted by Crippen LogP contribution is -2.41. The minimum Gasteiger partial charge on any atom is -0.488 e. The topological polar surface area (TPSA) is 84.4 Å². The first-order valence-corrected chi connectivity index (χ1v) is 11.7. The first-order chi connectivity index (χ1) is 16.5. The lowest BCUT2D eigenvalue weighted by Gasteiger charge is -2.17. The van der Waals surface area contributed by atoms with Crippen LogP contribution in [0.2, 0.25) is 0 Å². The van der Waals surface area contributed by atoms with Crippen molar-refractivity contribution in [1.82, 2.24) is 20.2 Å². The summed E-state index contributed by atoms with van der Waals surface area (Å²) in [7, 11) is 0. The average molecular weight is 457 g/mol. The molecule has 3 aromatic rings.